The third-order valence-corrected chi connectivity index (χ3v) is 4.11. The fourth-order valence-corrected chi connectivity index (χ4v) is 2.84. The molecule has 1 N–H and O–H groups in total. The van der Waals surface area contributed by atoms with Gasteiger partial charge in [-0.25, -0.2) is 9.82 Å². The first-order valence-electron chi connectivity index (χ1n) is 7.92. The number of nitrogens with one attached hydrogen (secondary N) is 1. The van der Waals surface area contributed by atoms with E-state index in [-0.39, 0.29) is 17.6 Å². The largest absolute Gasteiger partial charge is 0.455 e. The molecule has 120 valence electrons. The van der Waals surface area contributed by atoms with Crippen molar-refractivity contribution in [1.29, 1.82) is 0 Å². The summed E-state index contributed by atoms with van der Waals surface area (Å²) in [6.45, 7) is 0. The van der Waals surface area contributed by atoms with Gasteiger partial charge in [0.05, 0.1) is 11.8 Å². The molecule has 0 unspecified atom stereocenters. The van der Waals surface area contributed by atoms with Crippen molar-refractivity contribution in [3.8, 4) is 11.3 Å². The number of halogens is 1. The molecule has 1 aliphatic carbocycles. The van der Waals surface area contributed by atoms with E-state index in [0.717, 1.165) is 25.7 Å². The van der Waals surface area contributed by atoms with Crippen molar-refractivity contribution in [2.75, 3.05) is 0 Å². The second-order valence-corrected chi connectivity index (χ2v) is 5.75. The monoisotopic (exact) mass is 314 g/mol. The van der Waals surface area contributed by atoms with Crippen LogP contribution in [0.4, 0.5) is 4.39 Å². The summed E-state index contributed by atoms with van der Waals surface area (Å²) in [5.74, 6) is 0.583. The number of carbonyl (C=O) groups is 1. The topological polar surface area (TPSA) is 54.6 Å². The SMILES string of the molecule is O=C(N/N=C\c1ccc(-c2ccccc2F)o1)C1CCCCC1. The maximum Gasteiger partial charge on any atom is 0.243 e. The minimum Gasteiger partial charge on any atom is -0.455 e. The third-order valence-electron chi connectivity index (χ3n) is 4.11. The molecule has 1 aliphatic rings. The molecule has 1 aromatic carbocycles. The number of hydrazone groups is 1. The third kappa shape index (κ3) is 3.86. The molecule has 3 rings (SSSR count). The highest BCUT2D eigenvalue weighted by molar-refractivity contribution is 5.82. The van der Waals surface area contributed by atoms with Crippen LogP contribution < -0.4 is 5.43 Å². The Kier molecular flexibility index (Phi) is 4.86. The fraction of sp³-hybridized carbons (Fsp3) is 0.333. The van der Waals surface area contributed by atoms with E-state index in [2.05, 4.69) is 10.5 Å². The Morgan fingerprint density at radius 3 is 2.74 bits per heavy atom. The van der Waals surface area contributed by atoms with Crippen LogP contribution in [0.15, 0.2) is 45.9 Å². The molecule has 4 nitrogen and oxygen atoms in total. The predicted octanol–water partition coefficient (Wildman–Crippen LogP) is 4.12. The molecule has 2 aromatic rings. The highest BCUT2D eigenvalue weighted by Gasteiger charge is 2.20. The summed E-state index contributed by atoms with van der Waals surface area (Å²) in [5.41, 5.74) is 2.96. The summed E-state index contributed by atoms with van der Waals surface area (Å²) in [6.07, 6.45) is 6.71. The van der Waals surface area contributed by atoms with Gasteiger partial charge in [0.1, 0.15) is 17.3 Å². The van der Waals surface area contributed by atoms with Gasteiger partial charge >= 0.3 is 0 Å². The summed E-state index contributed by atoms with van der Waals surface area (Å²) >= 11 is 0. The summed E-state index contributed by atoms with van der Waals surface area (Å²) in [7, 11) is 0. The maximum absolute atomic E-state index is 13.7. The van der Waals surface area contributed by atoms with Crippen LogP contribution in [0.25, 0.3) is 11.3 Å². The van der Waals surface area contributed by atoms with E-state index in [1.807, 2.05) is 0 Å². The van der Waals surface area contributed by atoms with Crippen LogP contribution in [0, 0.1) is 11.7 Å². The van der Waals surface area contributed by atoms with Gasteiger partial charge in [-0.05, 0) is 37.1 Å². The van der Waals surface area contributed by atoms with Gasteiger partial charge in [0.2, 0.25) is 5.91 Å². The standard InChI is InChI=1S/C18H19FN2O2/c19-16-9-5-4-8-15(16)17-11-10-14(23-17)12-20-21-18(22)13-6-2-1-3-7-13/h4-5,8-13H,1-3,6-7H2,(H,21,22)/b20-12-. The van der Waals surface area contributed by atoms with Gasteiger partial charge in [-0.1, -0.05) is 31.4 Å². The molecule has 0 spiro atoms. The summed E-state index contributed by atoms with van der Waals surface area (Å²) in [4.78, 5) is 12.0. The second-order valence-electron chi connectivity index (χ2n) is 5.75. The number of hydrogen-bond donors (Lipinski definition) is 1. The molecule has 1 aromatic heterocycles. The van der Waals surface area contributed by atoms with E-state index >= 15 is 0 Å². The number of benzene rings is 1. The predicted molar refractivity (Wildman–Crippen MR) is 86.4 cm³/mol. The lowest BCUT2D eigenvalue weighted by molar-refractivity contribution is -0.125. The fourth-order valence-electron chi connectivity index (χ4n) is 2.84. The Morgan fingerprint density at radius 2 is 1.96 bits per heavy atom. The van der Waals surface area contributed by atoms with Crippen molar-refractivity contribution in [3.05, 3.63) is 48.0 Å². The van der Waals surface area contributed by atoms with Crippen molar-refractivity contribution >= 4 is 12.1 Å². The van der Waals surface area contributed by atoms with E-state index < -0.39 is 0 Å². The van der Waals surface area contributed by atoms with E-state index in [4.69, 9.17) is 4.42 Å². The van der Waals surface area contributed by atoms with E-state index in [0.29, 0.717) is 17.1 Å². The Bertz CT molecular complexity index is 703. The van der Waals surface area contributed by atoms with Crippen molar-refractivity contribution in [2.45, 2.75) is 32.1 Å². The van der Waals surface area contributed by atoms with Crippen molar-refractivity contribution in [3.63, 3.8) is 0 Å². The van der Waals surface area contributed by atoms with Gasteiger partial charge in [0.25, 0.3) is 0 Å². The number of rotatable bonds is 4. The lowest BCUT2D eigenvalue weighted by atomic mass is 9.89. The molecule has 23 heavy (non-hydrogen) atoms. The minimum atomic E-state index is -0.337. The molecular weight excluding hydrogens is 295 g/mol. The number of amides is 1. The van der Waals surface area contributed by atoms with Crippen LogP contribution in [0.1, 0.15) is 37.9 Å². The highest BCUT2D eigenvalue weighted by Crippen LogP contribution is 2.25. The van der Waals surface area contributed by atoms with E-state index in [1.54, 1.807) is 30.3 Å². The van der Waals surface area contributed by atoms with Crippen molar-refractivity contribution < 1.29 is 13.6 Å². The zero-order chi connectivity index (χ0) is 16.1. The molecule has 1 saturated carbocycles. The van der Waals surface area contributed by atoms with Crippen LogP contribution in [0.2, 0.25) is 0 Å². The minimum absolute atomic E-state index is 0.0400. The zero-order valence-corrected chi connectivity index (χ0v) is 12.8. The van der Waals surface area contributed by atoms with Crippen molar-refractivity contribution in [1.82, 2.24) is 5.43 Å². The Hall–Kier alpha value is -2.43. The highest BCUT2D eigenvalue weighted by atomic mass is 19.1. The molecule has 0 atom stereocenters. The molecular formula is C18H19FN2O2. The first-order valence-corrected chi connectivity index (χ1v) is 7.92. The number of hydrogen-bond acceptors (Lipinski definition) is 3. The van der Waals surface area contributed by atoms with Gasteiger partial charge in [0.15, 0.2) is 0 Å². The molecule has 5 heteroatoms. The second kappa shape index (κ2) is 7.22. The summed E-state index contributed by atoms with van der Waals surface area (Å²) in [5, 5.41) is 3.93. The van der Waals surface area contributed by atoms with Gasteiger partial charge in [-0.2, -0.15) is 5.10 Å². The van der Waals surface area contributed by atoms with Crippen LogP contribution in [0.5, 0.6) is 0 Å². The van der Waals surface area contributed by atoms with Crippen LogP contribution in [0.3, 0.4) is 0 Å². The first-order chi connectivity index (χ1) is 11.2. The number of carbonyl (C=O) groups excluding carboxylic acids is 1. The zero-order valence-electron chi connectivity index (χ0n) is 12.8. The molecule has 1 amide bonds. The molecule has 0 saturated heterocycles. The lowest BCUT2D eigenvalue weighted by Crippen LogP contribution is -2.28. The van der Waals surface area contributed by atoms with Crippen LogP contribution in [-0.4, -0.2) is 12.1 Å². The quantitative estimate of drug-likeness (QED) is 0.682. The lowest BCUT2D eigenvalue weighted by Gasteiger charge is -2.19. The average molecular weight is 314 g/mol. The Balaban J connectivity index is 1.60. The Morgan fingerprint density at radius 1 is 1.17 bits per heavy atom. The van der Waals surface area contributed by atoms with Crippen molar-refractivity contribution in [2.24, 2.45) is 11.0 Å². The normalized spacial score (nSPS) is 15.9. The van der Waals surface area contributed by atoms with Crippen LogP contribution in [-0.2, 0) is 4.79 Å². The maximum atomic E-state index is 13.7. The molecule has 1 heterocycles. The molecule has 0 bridgehead atoms. The first kappa shape index (κ1) is 15.5. The van der Waals surface area contributed by atoms with E-state index in [1.165, 1.54) is 18.7 Å². The van der Waals surface area contributed by atoms with Crippen LogP contribution >= 0.6 is 0 Å². The van der Waals surface area contributed by atoms with E-state index in [9.17, 15) is 9.18 Å². The van der Waals surface area contributed by atoms with Gasteiger partial charge < -0.3 is 4.42 Å². The molecule has 0 radical (unpaired) electrons. The number of nitrogens with zero attached hydrogens (tertiary/aromatic N) is 1. The summed E-state index contributed by atoms with van der Waals surface area (Å²) < 4.78 is 19.2. The smallest absolute Gasteiger partial charge is 0.243 e. The number of furan rings is 1. The molecule has 1 fully saturated rings. The van der Waals surface area contributed by atoms with Gasteiger partial charge in [0, 0.05) is 5.92 Å². The average Bonchev–Trinajstić information content (AvgIpc) is 3.04. The Labute approximate surface area is 134 Å². The molecule has 0 aliphatic heterocycles. The van der Waals surface area contributed by atoms with Gasteiger partial charge in [-0.15, -0.1) is 0 Å². The summed E-state index contributed by atoms with van der Waals surface area (Å²) in [6, 6.07) is 9.79. The van der Waals surface area contributed by atoms with Gasteiger partial charge in [-0.3, -0.25) is 4.79 Å².